The first-order valence-electron chi connectivity index (χ1n) is 9.04. The van der Waals surface area contributed by atoms with Crippen molar-refractivity contribution in [3.05, 3.63) is 98.5 Å². The van der Waals surface area contributed by atoms with Gasteiger partial charge in [-0.15, -0.1) is 0 Å². The summed E-state index contributed by atoms with van der Waals surface area (Å²) < 4.78 is 6.64. The summed E-state index contributed by atoms with van der Waals surface area (Å²) in [6, 6.07) is 21.0. The van der Waals surface area contributed by atoms with Crippen LogP contribution in [0.3, 0.4) is 0 Å². The zero-order chi connectivity index (χ0) is 20.6. The molecular formula is C23H20BrClN2O2. The van der Waals surface area contributed by atoms with E-state index in [1.54, 1.807) is 6.21 Å². The van der Waals surface area contributed by atoms with Crippen molar-refractivity contribution in [1.29, 1.82) is 0 Å². The highest BCUT2D eigenvalue weighted by Crippen LogP contribution is 2.26. The van der Waals surface area contributed by atoms with Gasteiger partial charge in [-0.3, -0.25) is 4.79 Å². The van der Waals surface area contributed by atoms with Gasteiger partial charge in [-0.05, 0) is 69.9 Å². The van der Waals surface area contributed by atoms with E-state index >= 15 is 0 Å². The fourth-order valence-electron chi connectivity index (χ4n) is 2.57. The van der Waals surface area contributed by atoms with Gasteiger partial charge >= 0.3 is 0 Å². The topological polar surface area (TPSA) is 50.7 Å². The zero-order valence-electron chi connectivity index (χ0n) is 15.9. The molecule has 0 aliphatic heterocycles. The number of hydrogen-bond donors (Lipinski definition) is 1. The first-order chi connectivity index (χ1) is 14.0. The standard InChI is InChI=1S/C23H20BrClN2O2/c1-16-2-4-17(5-3-16)13-23(28)27-26-14-19-8-11-22(21(24)12-19)29-15-18-6-9-20(25)10-7-18/h2-12,14H,13,15H2,1H3,(H,27,28)/b26-14+. The lowest BCUT2D eigenvalue weighted by molar-refractivity contribution is -0.120. The molecule has 0 aromatic heterocycles. The molecule has 0 heterocycles. The van der Waals surface area contributed by atoms with E-state index in [9.17, 15) is 4.79 Å². The first kappa shape index (κ1) is 21.1. The molecule has 29 heavy (non-hydrogen) atoms. The van der Waals surface area contributed by atoms with Gasteiger partial charge in [0.25, 0.3) is 0 Å². The third kappa shape index (κ3) is 6.73. The molecule has 0 aliphatic carbocycles. The van der Waals surface area contributed by atoms with Gasteiger partial charge < -0.3 is 4.74 Å². The van der Waals surface area contributed by atoms with E-state index in [4.69, 9.17) is 16.3 Å². The number of nitrogens with zero attached hydrogens (tertiary/aromatic N) is 1. The Kier molecular flexibility index (Phi) is 7.44. The van der Waals surface area contributed by atoms with Crippen molar-refractivity contribution in [3.63, 3.8) is 0 Å². The molecule has 6 heteroatoms. The highest BCUT2D eigenvalue weighted by molar-refractivity contribution is 9.10. The summed E-state index contributed by atoms with van der Waals surface area (Å²) in [6.07, 6.45) is 1.89. The van der Waals surface area contributed by atoms with Crippen LogP contribution in [0.25, 0.3) is 0 Å². The number of rotatable bonds is 7. The molecule has 1 amide bonds. The fraction of sp³-hybridized carbons (Fsp3) is 0.130. The molecule has 3 aromatic carbocycles. The molecule has 0 unspecified atom stereocenters. The average molecular weight is 472 g/mol. The summed E-state index contributed by atoms with van der Waals surface area (Å²) in [5.74, 6) is 0.563. The predicted octanol–water partition coefficient (Wildman–Crippen LogP) is 5.68. The summed E-state index contributed by atoms with van der Waals surface area (Å²) in [7, 11) is 0. The van der Waals surface area contributed by atoms with Crippen molar-refractivity contribution >= 4 is 39.7 Å². The van der Waals surface area contributed by atoms with Crippen molar-refractivity contribution in [2.24, 2.45) is 5.10 Å². The van der Waals surface area contributed by atoms with Gasteiger partial charge in [-0.25, -0.2) is 5.43 Å². The van der Waals surface area contributed by atoms with Gasteiger partial charge in [0.15, 0.2) is 0 Å². The molecular weight excluding hydrogens is 452 g/mol. The quantitative estimate of drug-likeness (QED) is 0.356. The fourth-order valence-corrected chi connectivity index (χ4v) is 3.20. The largest absolute Gasteiger partial charge is 0.488 e. The molecule has 0 atom stereocenters. The lowest BCUT2D eigenvalue weighted by Crippen LogP contribution is -2.19. The molecule has 0 spiro atoms. The third-order valence-electron chi connectivity index (χ3n) is 4.15. The van der Waals surface area contributed by atoms with E-state index in [1.807, 2.05) is 73.7 Å². The normalized spacial score (nSPS) is 10.9. The first-order valence-corrected chi connectivity index (χ1v) is 10.2. The molecule has 3 rings (SSSR count). The number of aryl methyl sites for hydroxylation is 1. The minimum Gasteiger partial charge on any atom is -0.488 e. The Morgan fingerprint density at radius 3 is 2.45 bits per heavy atom. The van der Waals surface area contributed by atoms with Crippen LogP contribution in [-0.4, -0.2) is 12.1 Å². The van der Waals surface area contributed by atoms with Crippen LogP contribution in [0.15, 0.2) is 76.3 Å². The number of amides is 1. The third-order valence-corrected chi connectivity index (χ3v) is 5.02. The number of carbonyl (C=O) groups is 1. The average Bonchev–Trinajstić information content (AvgIpc) is 2.70. The van der Waals surface area contributed by atoms with Crippen LogP contribution in [0.5, 0.6) is 5.75 Å². The van der Waals surface area contributed by atoms with Crippen molar-refractivity contribution in [3.8, 4) is 5.75 Å². The Hall–Kier alpha value is -2.63. The van der Waals surface area contributed by atoms with Gasteiger partial charge in [0, 0.05) is 5.02 Å². The lowest BCUT2D eigenvalue weighted by atomic mass is 10.1. The van der Waals surface area contributed by atoms with E-state index in [1.165, 1.54) is 5.56 Å². The van der Waals surface area contributed by atoms with Crippen LogP contribution in [0.1, 0.15) is 22.3 Å². The van der Waals surface area contributed by atoms with Crippen LogP contribution in [-0.2, 0) is 17.8 Å². The van der Waals surface area contributed by atoms with Crippen molar-refractivity contribution in [1.82, 2.24) is 5.43 Å². The second-order valence-electron chi connectivity index (χ2n) is 6.56. The number of hydrogen-bond acceptors (Lipinski definition) is 3. The monoisotopic (exact) mass is 470 g/mol. The highest BCUT2D eigenvalue weighted by Gasteiger charge is 2.04. The molecule has 3 aromatic rings. The maximum Gasteiger partial charge on any atom is 0.244 e. The Balaban J connectivity index is 1.51. The Labute approximate surface area is 183 Å². The Morgan fingerprint density at radius 1 is 1.07 bits per heavy atom. The smallest absolute Gasteiger partial charge is 0.244 e. The minimum absolute atomic E-state index is 0.160. The predicted molar refractivity (Wildman–Crippen MR) is 121 cm³/mol. The van der Waals surface area contributed by atoms with Gasteiger partial charge in [-0.2, -0.15) is 5.10 Å². The molecule has 0 saturated carbocycles. The second kappa shape index (κ2) is 10.2. The number of hydrazone groups is 1. The molecule has 0 fully saturated rings. The number of nitrogens with one attached hydrogen (secondary N) is 1. The molecule has 4 nitrogen and oxygen atoms in total. The summed E-state index contributed by atoms with van der Waals surface area (Å²) in [4.78, 5) is 12.0. The maximum atomic E-state index is 12.0. The molecule has 0 aliphatic rings. The minimum atomic E-state index is -0.160. The van der Waals surface area contributed by atoms with E-state index in [-0.39, 0.29) is 5.91 Å². The Morgan fingerprint density at radius 2 is 1.76 bits per heavy atom. The van der Waals surface area contributed by atoms with Crippen LogP contribution < -0.4 is 10.2 Å². The van der Waals surface area contributed by atoms with Gasteiger partial charge in [0.2, 0.25) is 5.91 Å². The van der Waals surface area contributed by atoms with Crippen LogP contribution >= 0.6 is 27.5 Å². The van der Waals surface area contributed by atoms with Crippen LogP contribution in [0.4, 0.5) is 0 Å². The number of carbonyl (C=O) groups excluding carboxylic acids is 1. The lowest BCUT2D eigenvalue weighted by Gasteiger charge is -2.09. The summed E-state index contributed by atoms with van der Waals surface area (Å²) in [6.45, 7) is 2.46. The highest BCUT2D eigenvalue weighted by atomic mass is 79.9. The van der Waals surface area contributed by atoms with Crippen LogP contribution in [0.2, 0.25) is 5.02 Å². The number of benzene rings is 3. The number of halogens is 2. The van der Waals surface area contributed by atoms with E-state index < -0.39 is 0 Å². The van der Waals surface area contributed by atoms with Gasteiger partial charge in [-0.1, -0.05) is 53.6 Å². The zero-order valence-corrected chi connectivity index (χ0v) is 18.2. The molecule has 148 valence electrons. The Bertz CT molecular complexity index is 1000. The summed E-state index contributed by atoms with van der Waals surface area (Å²) >= 11 is 9.40. The van der Waals surface area contributed by atoms with Crippen LogP contribution in [0, 0.1) is 6.92 Å². The van der Waals surface area contributed by atoms with E-state index in [0.717, 1.165) is 26.9 Å². The number of ether oxygens (including phenoxy) is 1. The van der Waals surface area contributed by atoms with Crippen molar-refractivity contribution < 1.29 is 9.53 Å². The second-order valence-corrected chi connectivity index (χ2v) is 7.85. The van der Waals surface area contributed by atoms with Crippen molar-refractivity contribution in [2.75, 3.05) is 0 Å². The summed E-state index contributed by atoms with van der Waals surface area (Å²) in [5, 5.41) is 4.73. The van der Waals surface area contributed by atoms with E-state index in [2.05, 4.69) is 26.5 Å². The van der Waals surface area contributed by atoms with Crippen molar-refractivity contribution in [2.45, 2.75) is 20.0 Å². The molecule has 0 saturated heterocycles. The maximum absolute atomic E-state index is 12.0. The summed E-state index contributed by atoms with van der Waals surface area (Å²) in [5.41, 5.74) is 6.54. The van der Waals surface area contributed by atoms with Gasteiger partial charge in [0.1, 0.15) is 12.4 Å². The van der Waals surface area contributed by atoms with E-state index in [0.29, 0.717) is 18.1 Å². The molecule has 0 bridgehead atoms. The molecule has 0 radical (unpaired) electrons. The molecule has 1 N–H and O–H groups in total. The van der Waals surface area contributed by atoms with Gasteiger partial charge in [0.05, 0.1) is 17.1 Å². The SMILES string of the molecule is Cc1ccc(CC(=O)N/N=C/c2ccc(OCc3ccc(Cl)cc3)c(Br)c2)cc1.